The first-order chi connectivity index (χ1) is 7.61. The molecular weight excluding hydrogens is 289 g/mol. The first-order valence-corrected chi connectivity index (χ1v) is 6.28. The molecule has 16 heavy (non-hydrogen) atoms. The fourth-order valence-electron chi connectivity index (χ4n) is 1.49. The van der Waals surface area contributed by atoms with Gasteiger partial charge in [0, 0.05) is 11.4 Å². The molecule has 0 aliphatic rings. The van der Waals surface area contributed by atoms with Gasteiger partial charge in [-0.15, -0.1) is 11.6 Å². The number of Topliss-reactive ketones (excluding diaryl/α,β-unsaturated/α-hetero) is 1. The molecule has 0 fully saturated rings. The average Bonchev–Trinajstić information content (AvgIpc) is 2.28. The Labute approximate surface area is 108 Å². The van der Waals surface area contributed by atoms with Crippen molar-refractivity contribution in [3.05, 3.63) is 34.9 Å². The monoisotopic (exact) mass is 299 g/mol. The molecule has 0 spiro atoms. The fourth-order valence-corrected chi connectivity index (χ4v) is 1.99. The van der Waals surface area contributed by atoms with Gasteiger partial charge in [0.1, 0.15) is 0 Å². The molecule has 1 unspecified atom stereocenters. The van der Waals surface area contributed by atoms with E-state index in [-0.39, 0.29) is 17.0 Å². The minimum absolute atomic E-state index is 0.0165. The predicted octanol–water partition coefficient (Wildman–Crippen LogP) is 3.46. The number of ketones is 1. The van der Waals surface area contributed by atoms with Crippen molar-refractivity contribution in [1.82, 2.24) is 0 Å². The van der Waals surface area contributed by atoms with Crippen LogP contribution in [0.2, 0.25) is 0 Å². The van der Waals surface area contributed by atoms with Gasteiger partial charge < -0.3 is 0 Å². The van der Waals surface area contributed by atoms with Crippen LogP contribution in [0.3, 0.4) is 0 Å². The molecule has 0 bridgehead atoms. The van der Waals surface area contributed by atoms with Gasteiger partial charge >= 0.3 is 0 Å². The van der Waals surface area contributed by atoms with E-state index in [1.54, 1.807) is 19.1 Å². The van der Waals surface area contributed by atoms with Gasteiger partial charge in [0.2, 0.25) is 0 Å². The van der Waals surface area contributed by atoms with Crippen LogP contribution in [0.4, 0.5) is 0 Å². The normalized spacial score (nSPS) is 11.9. The van der Waals surface area contributed by atoms with E-state index >= 15 is 0 Å². The maximum atomic E-state index is 11.9. The van der Waals surface area contributed by atoms with Crippen LogP contribution in [0.15, 0.2) is 18.2 Å². The van der Waals surface area contributed by atoms with Gasteiger partial charge in [-0.3, -0.25) is 4.79 Å². The van der Waals surface area contributed by atoms with Crippen LogP contribution in [0.25, 0.3) is 0 Å². The summed E-state index contributed by atoms with van der Waals surface area (Å²) in [5, 5.41) is 8.77. The summed E-state index contributed by atoms with van der Waals surface area (Å²) in [6.45, 7) is 1.77. The highest BCUT2D eigenvalue weighted by atomic mass is 79.9. The molecule has 84 valence electrons. The Hall–Kier alpha value is -0.850. The van der Waals surface area contributed by atoms with E-state index in [9.17, 15) is 4.79 Å². The maximum Gasteiger partial charge on any atom is 0.176 e. The Morgan fingerprint density at radius 1 is 1.62 bits per heavy atom. The van der Waals surface area contributed by atoms with Gasteiger partial charge in [-0.25, -0.2) is 0 Å². The highest BCUT2D eigenvalue weighted by molar-refractivity contribution is 9.10. The summed E-state index contributed by atoms with van der Waals surface area (Å²) in [5.41, 5.74) is 2.18. The third-order valence-electron chi connectivity index (χ3n) is 2.30. The summed E-state index contributed by atoms with van der Waals surface area (Å²) < 4.78 is 0. The van der Waals surface area contributed by atoms with Gasteiger partial charge in [-0.1, -0.05) is 34.1 Å². The summed E-state index contributed by atoms with van der Waals surface area (Å²) in [7, 11) is 0. The van der Waals surface area contributed by atoms with Gasteiger partial charge in [0.25, 0.3) is 0 Å². The summed E-state index contributed by atoms with van der Waals surface area (Å²) >= 11 is 9.03. The Morgan fingerprint density at radius 3 is 2.81 bits per heavy atom. The molecule has 0 aromatic heterocycles. The molecule has 0 radical (unpaired) electrons. The quantitative estimate of drug-likeness (QED) is 0.631. The molecular formula is C12H11BrClNO. The Balaban J connectivity index is 3.28. The van der Waals surface area contributed by atoms with Crippen molar-refractivity contribution in [2.45, 2.75) is 24.1 Å². The summed E-state index contributed by atoms with van der Waals surface area (Å²) in [4.78, 5) is 11.7. The van der Waals surface area contributed by atoms with Crippen LogP contribution in [0, 0.1) is 11.3 Å². The standard InChI is InChI=1S/C12H11BrClNO/c1-8(13)12(16)11-4-2-3-9(7-14)10(11)5-6-15/h2-4,8H,5,7H2,1H3. The topological polar surface area (TPSA) is 40.9 Å². The smallest absolute Gasteiger partial charge is 0.176 e. The summed E-state index contributed by atoms with van der Waals surface area (Å²) in [6, 6.07) is 7.44. The van der Waals surface area contributed by atoms with Gasteiger partial charge in [-0.2, -0.15) is 5.26 Å². The molecule has 0 heterocycles. The maximum absolute atomic E-state index is 11.9. The number of halogens is 2. The van der Waals surface area contributed by atoms with Crippen LogP contribution in [0.5, 0.6) is 0 Å². The Kier molecular flexibility index (Phi) is 4.98. The molecule has 1 aromatic rings. The largest absolute Gasteiger partial charge is 0.293 e. The molecule has 1 rings (SSSR count). The van der Waals surface area contributed by atoms with Crippen LogP contribution in [-0.4, -0.2) is 10.6 Å². The molecule has 0 N–H and O–H groups in total. The third kappa shape index (κ3) is 2.84. The second-order valence-electron chi connectivity index (χ2n) is 3.39. The van der Waals surface area contributed by atoms with Crippen LogP contribution >= 0.6 is 27.5 Å². The van der Waals surface area contributed by atoms with Gasteiger partial charge in [-0.05, 0) is 18.1 Å². The first kappa shape index (κ1) is 13.2. The van der Waals surface area contributed by atoms with Crippen molar-refractivity contribution in [3.8, 4) is 6.07 Å². The van der Waals surface area contributed by atoms with Crippen molar-refractivity contribution < 1.29 is 4.79 Å². The van der Waals surface area contributed by atoms with E-state index in [0.717, 1.165) is 11.1 Å². The van der Waals surface area contributed by atoms with E-state index in [4.69, 9.17) is 16.9 Å². The van der Waals surface area contributed by atoms with Crippen molar-refractivity contribution >= 4 is 33.3 Å². The van der Waals surface area contributed by atoms with E-state index in [2.05, 4.69) is 22.0 Å². The second kappa shape index (κ2) is 6.03. The van der Waals surface area contributed by atoms with E-state index in [1.807, 2.05) is 6.07 Å². The first-order valence-electron chi connectivity index (χ1n) is 4.83. The lowest BCUT2D eigenvalue weighted by Gasteiger charge is -2.11. The van der Waals surface area contributed by atoms with E-state index < -0.39 is 0 Å². The van der Waals surface area contributed by atoms with Gasteiger partial charge in [0.15, 0.2) is 5.78 Å². The number of carbonyl (C=O) groups excluding carboxylic acids is 1. The van der Waals surface area contributed by atoms with Crippen LogP contribution < -0.4 is 0 Å². The molecule has 0 saturated carbocycles. The highest BCUT2D eigenvalue weighted by Gasteiger charge is 2.17. The zero-order chi connectivity index (χ0) is 12.1. The third-order valence-corrected chi connectivity index (χ3v) is 3.00. The zero-order valence-corrected chi connectivity index (χ0v) is 11.2. The molecule has 0 aliphatic heterocycles. The number of carbonyl (C=O) groups is 1. The number of rotatable bonds is 4. The lowest BCUT2D eigenvalue weighted by molar-refractivity contribution is 0.0995. The summed E-state index contributed by atoms with van der Waals surface area (Å²) in [5.74, 6) is 0.298. The summed E-state index contributed by atoms with van der Waals surface area (Å²) in [6.07, 6.45) is 0.212. The molecule has 4 heteroatoms. The van der Waals surface area contributed by atoms with Crippen LogP contribution in [-0.2, 0) is 12.3 Å². The molecule has 0 saturated heterocycles. The van der Waals surface area contributed by atoms with Gasteiger partial charge in [0.05, 0.1) is 17.3 Å². The minimum Gasteiger partial charge on any atom is -0.293 e. The average molecular weight is 301 g/mol. The van der Waals surface area contributed by atoms with Crippen molar-refractivity contribution in [3.63, 3.8) is 0 Å². The zero-order valence-electron chi connectivity index (χ0n) is 8.84. The minimum atomic E-state index is -0.254. The van der Waals surface area contributed by atoms with Crippen molar-refractivity contribution in [2.75, 3.05) is 0 Å². The molecule has 1 aromatic carbocycles. The Morgan fingerprint density at radius 2 is 2.31 bits per heavy atom. The Bertz CT molecular complexity index is 437. The molecule has 0 aliphatic carbocycles. The van der Waals surface area contributed by atoms with Crippen LogP contribution in [0.1, 0.15) is 28.4 Å². The lowest BCUT2D eigenvalue weighted by Crippen LogP contribution is -2.13. The molecule has 1 atom stereocenters. The van der Waals surface area contributed by atoms with Crippen molar-refractivity contribution in [1.29, 1.82) is 5.26 Å². The van der Waals surface area contributed by atoms with Crippen molar-refractivity contribution in [2.24, 2.45) is 0 Å². The molecule has 2 nitrogen and oxygen atoms in total. The number of alkyl halides is 2. The predicted molar refractivity (Wildman–Crippen MR) is 68.0 cm³/mol. The lowest BCUT2D eigenvalue weighted by atomic mass is 9.96. The van der Waals surface area contributed by atoms with E-state index in [0.29, 0.717) is 11.4 Å². The van der Waals surface area contributed by atoms with E-state index in [1.165, 1.54) is 0 Å². The SMILES string of the molecule is CC(Br)C(=O)c1cccc(CCl)c1CC#N. The number of nitriles is 1. The highest BCUT2D eigenvalue weighted by Crippen LogP contribution is 2.20. The number of hydrogen-bond donors (Lipinski definition) is 0. The second-order valence-corrected chi connectivity index (χ2v) is 5.03. The molecule has 0 amide bonds. The fraction of sp³-hybridized carbons (Fsp3) is 0.333. The number of hydrogen-bond acceptors (Lipinski definition) is 2. The number of benzene rings is 1. The number of nitrogens with zero attached hydrogens (tertiary/aromatic N) is 1.